The van der Waals surface area contributed by atoms with Gasteiger partial charge in [0.25, 0.3) is 0 Å². The van der Waals surface area contributed by atoms with Gasteiger partial charge >= 0.3 is 5.97 Å². The van der Waals surface area contributed by atoms with Gasteiger partial charge in [0.05, 0.1) is 23.7 Å². The van der Waals surface area contributed by atoms with Crippen molar-refractivity contribution in [3.05, 3.63) is 35.5 Å². The molecule has 0 bridgehead atoms. The summed E-state index contributed by atoms with van der Waals surface area (Å²) < 4.78 is 31.6. The van der Waals surface area contributed by atoms with Crippen LogP contribution in [0.5, 0.6) is 0 Å². The maximum Gasteiger partial charge on any atom is 0.343 e. The van der Waals surface area contributed by atoms with E-state index < -0.39 is 16.0 Å². The molecule has 2 aliphatic rings. The molecule has 1 aromatic rings. The van der Waals surface area contributed by atoms with Gasteiger partial charge in [-0.1, -0.05) is 25.5 Å². The summed E-state index contributed by atoms with van der Waals surface area (Å²) in [5, 5.41) is 5.99. The van der Waals surface area contributed by atoms with E-state index in [1.165, 1.54) is 4.31 Å². The number of para-hydroxylation sites is 2. The predicted octanol–water partition coefficient (Wildman–Crippen LogP) is 2.94. The molecule has 33 heavy (non-hydrogen) atoms. The van der Waals surface area contributed by atoms with Gasteiger partial charge in [-0.05, 0) is 45.2 Å². The molecule has 2 N–H and O–H groups in total. The van der Waals surface area contributed by atoms with Crippen LogP contribution in [0.2, 0.25) is 0 Å². The second-order valence-corrected chi connectivity index (χ2v) is 10.2. The number of hydrogen-bond donors (Lipinski definition) is 2. The van der Waals surface area contributed by atoms with E-state index in [0.717, 1.165) is 6.42 Å². The van der Waals surface area contributed by atoms with Crippen LogP contribution in [0.3, 0.4) is 0 Å². The van der Waals surface area contributed by atoms with E-state index in [9.17, 15) is 18.0 Å². The quantitative estimate of drug-likeness (QED) is 0.585. The number of unbranched alkanes of at least 4 members (excludes halogenated alkanes) is 1. The van der Waals surface area contributed by atoms with Crippen molar-refractivity contribution < 1.29 is 22.7 Å². The number of ether oxygens (including phenoxy) is 1. The van der Waals surface area contributed by atoms with E-state index in [2.05, 4.69) is 15.6 Å². The first-order valence-corrected chi connectivity index (χ1v) is 13.0. The zero-order valence-electron chi connectivity index (χ0n) is 19.4. The van der Waals surface area contributed by atoms with Gasteiger partial charge in [-0.25, -0.2) is 22.5 Å². The average Bonchev–Trinajstić information content (AvgIpc) is 2.93. The lowest BCUT2D eigenvalue weighted by Crippen LogP contribution is -2.45. The van der Waals surface area contributed by atoms with Crippen molar-refractivity contribution in [2.24, 2.45) is 10.9 Å². The lowest BCUT2D eigenvalue weighted by molar-refractivity contribution is -0.137. The number of fused-ring (bicyclic) bond motifs is 1. The Kier molecular flexibility index (Phi) is 8.25. The third kappa shape index (κ3) is 6.00. The molecule has 2 aliphatic heterocycles. The smallest absolute Gasteiger partial charge is 0.343 e. The Morgan fingerprint density at radius 2 is 1.91 bits per heavy atom. The third-order valence-corrected chi connectivity index (χ3v) is 7.72. The van der Waals surface area contributed by atoms with Crippen LogP contribution in [0, 0.1) is 5.92 Å². The number of aliphatic imine (C=N–C) groups is 1. The maximum absolute atomic E-state index is 13.1. The van der Waals surface area contributed by atoms with Crippen molar-refractivity contribution in [1.29, 1.82) is 0 Å². The SMILES string of the molecule is CCCCS(=O)(=O)N1CCC(C(=O)NC2=Nc3ccccc3NC(C)=C2C(=O)OCC)CC1. The van der Waals surface area contributed by atoms with Gasteiger partial charge in [0.15, 0.2) is 0 Å². The lowest BCUT2D eigenvalue weighted by atomic mass is 9.97. The zero-order valence-corrected chi connectivity index (χ0v) is 20.2. The van der Waals surface area contributed by atoms with Crippen LogP contribution >= 0.6 is 0 Å². The fraction of sp³-hybridized carbons (Fsp3) is 0.522. The molecular formula is C23H32N4O5S. The summed E-state index contributed by atoms with van der Waals surface area (Å²) in [7, 11) is -3.29. The van der Waals surface area contributed by atoms with Crippen molar-refractivity contribution in [3.63, 3.8) is 0 Å². The highest BCUT2D eigenvalue weighted by Crippen LogP contribution is 2.30. The summed E-state index contributed by atoms with van der Waals surface area (Å²) in [5.74, 6) is -0.970. The number of nitrogens with one attached hydrogen (secondary N) is 2. The molecule has 1 aromatic carbocycles. The maximum atomic E-state index is 13.1. The van der Waals surface area contributed by atoms with E-state index in [1.54, 1.807) is 19.9 Å². The summed E-state index contributed by atoms with van der Waals surface area (Å²) >= 11 is 0. The Morgan fingerprint density at radius 3 is 2.58 bits per heavy atom. The molecule has 180 valence electrons. The number of amides is 1. The Bertz CT molecular complexity index is 1060. The number of piperidine rings is 1. The minimum atomic E-state index is -3.29. The minimum Gasteiger partial charge on any atom is -0.462 e. The molecule has 2 heterocycles. The van der Waals surface area contributed by atoms with E-state index in [1.807, 2.05) is 25.1 Å². The lowest BCUT2D eigenvalue weighted by Gasteiger charge is -2.30. The van der Waals surface area contributed by atoms with Crippen LogP contribution in [0.25, 0.3) is 0 Å². The first-order valence-electron chi connectivity index (χ1n) is 11.4. The molecule has 0 unspecified atom stereocenters. The highest BCUT2D eigenvalue weighted by molar-refractivity contribution is 7.89. The fourth-order valence-electron chi connectivity index (χ4n) is 3.91. The van der Waals surface area contributed by atoms with Crippen LogP contribution < -0.4 is 10.6 Å². The molecule has 3 rings (SSSR count). The van der Waals surface area contributed by atoms with Crippen LogP contribution in [0.15, 0.2) is 40.5 Å². The molecule has 0 aromatic heterocycles. The molecular weight excluding hydrogens is 444 g/mol. The number of rotatable bonds is 7. The van der Waals surface area contributed by atoms with E-state index in [4.69, 9.17) is 4.74 Å². The number of esters is 1. The van der Waals surface area contributed by atoms with Gasteiger partial charge in [0.2, 0.25) is 15.9 Å². The van der Waals surface area contributed by atoms with E-state index in [-0.39, 0.29) is 35.6 Å². The molecule has 0 radical (unpaired) electrons. The molecule has 1 saturated heterocycles. The molecule has 0 spiro atoms. The van der Waals surface area contributed by atoms with Gasteiger partial charge in [0, 0.05) is 24.7 Å². The van der Waals surface area contributed by atoms with Crippen molar-refractivity contribution in [2.45, 2.75) is 46.5 Å². The van der Waals surface area contributed by atoms with Gasteiger partial charge < -0.3 is 15.4 Å². The Morgan fingerprint density at radius 1 is 1.21 bits per heavy atom. The topological polar surface area (TPSA) is 117 Å². The van der Waals surface area contributed by atoms with Crippen LogP contribution in [-0.4, -0.2) is 55.9 Å². The van der Waals surface area contributed by atoms with Gasteiger partial charge in [-0.15, -0.1) is 0 Å². The normalized spacial score (nSPS) is 17.5. The molecule has 9 nitrogen and oxygen atoms in total. The molecule has 1 amide bonds. The number of allylic oxidation sites excluding steroid dienone is 1. The zero-order chi connectivity index (χ0) is 24.0. The van der Waals surface area contributed by atoms with E-state index in [0.29, 0.717) is 49.4 Å². The number of hydrogen-bond acceptors (Lipinski definition) is 7. The van der Waals surface area contributed by atoms with Crippen molar-refractivity contribution >= 4 is 39.1 Å². The highest BCUT2D eigenvalue weighted by Gasteiger charge is 2.33. The van der Waals surface area contributed by atoms with E-state index >= 15 is 0 Å². The number of carbonyl (C=O) groups is 2. The van der Waals surface area contributed by atoms with Crippen molar-refractivity contribution in [2.75, 3.05) is 30.8 Å². The van der Waals surface area contributed by atoms with Gasteiger partial charge in [0.1, 0.15) is 11.4 Å². The summed E-state index contributed by atoms with van der Waals surface area (Å²) in [4.78, 5) is 30.3. The van der Waals surface area contributed by atoms with Gasteiger partial charge in [-0.3, -0.25) is 4.79 Å². The molecule has 1 fully saturated rings. The molecule has 0 aliphatic carbocycles. The van der Waals surface area contributed by atoms with Crippen LogP contribution in [-0.2, 0) is 24.3 Å². The van der Waals surface area contributed by atoms with Crippen molar-refractivity contribution in [1.82, 2.24) is 9.62 Å². The molecule has 0 saturated carbocycles. The predicted molar refractivity (Wildman–Crippen MR) is 128 cm³/mol. The summed E-state index contributed by atoms with van der Waals surface area (Å²) in [6.07, 6.45) is 2.27. The largest absolute Gasteiger partial charge is 0.462 e. The number of nitrogens with zero attached hydrogens (tertiary/aromatic N) is 2. The second kappa shape index (κ2) is 10.9. The number of amidine groups is 1. The van der Waals surface area contributed by atoms with Crippen LogP contribution in [0.4, 0.5) is 11.4 Å². The second-order valence-electron chi connectivity index (χ2n) is 8.16. The Hall–Kier alpha value is -2.72. The van der Waals surface area contributed by atoms with Crippen LogP contribution in [0.1, 0.15) is 46.5 Å². The number of benzene rings is 1. The summed E-state index contributed by atoms with van der Waals surface area (Å²) in [6, 6.07) is 7.30. The Labute approximate surface area is 195 Å². The average molecular weight is 477 g/mol. The highest BCUT2D eigenvalue weighted by atomic mass is 32.2. The summed E-state index contributed by atoms with van der Waals surface area (Å²) in [6.45, 7) is 6.20. The van der Waals surface area contributed by atoms with Crippen molar-refractivity contribution in [3.8, 4) is 0 Å². The molecule has 0 atom stereocenters. The minimum absolute atomic E-state index is 0.131. The number of carbonyl (C=O) groups excluding carboxylic acids is 2. The summed E-state index contributed by atoms with van der Waals surface area (Å²) in [5.41, 5.74) is 1.99. The monoisotopic (exact) mass is 476 g/mol. The first-order chi connectivity index (χ1) is 15.8. The molecule has 10 heteroatoms. The number of anilines is 1. The third-order valence-electron chi connectivity index (χ3n) is 5.77. The Balaban J connectivity index is 1.77. The number of sulfonamides is 1. The van der Waals surface area contributed by atoms with Gasteiger partial charge in [-0.2, -0.15) is 0 Å². The fourth-order valence-corrected chi connectivity index (χ4v) is 5.59. The standard InChI is InChI=1S/C23H32N4O5S/c1-4-6-15-33(30,31)27-13-11-17(12-14-27)22(28)26-21-20(23(29)32-5-2)16(3)24-18-9-7-8-10-19(18)25-21/h7-10,17,24H,4-6,11-15H2,1-3H3,(H,25,26,28). The first kappa shape index (κ1) is 24.9.